The van der Waals surface area contributed by atoms with Crippen LogP contribution in [0.5, 0.6) is 0 Å². The van der Waals surface area contributed by atoms with Gasteiger partial charge in [-0.3, -0.25) is 0 Å². The van der Waals surface area contributed by atoms with E-state index in [0.29, 0.717) is 30.6 Å². The molecular formula is C13H28N2O2S. The zero-order valence-corrected chi connectivity index (χ0v) is 12.8. The first kappa shape index (κ1) is 15.9. The predicted octanol–water partition coefficient (Wildman–Crippen LogP) is 1.13. The third kappa shape index (κ3) is 6.71. The van der Waals surface area contributed by atoms with E-state index in [9.17, 15) is 8.42 Å². The summed E-state index contributed by atoms with van der Waals surface area (Å²) in [5, 5.41) is 3.51. The number of rotatable bonds is 7. The molecule has 1 rings (SSSR count). The summed E-state index contributed by atoms with van der Waals surface area (Å²) in [5.41, 5.74) is 0. The maximum atomic E-state index is 11.3. The minimum atomic E-state index is -2.74. The van der Waals surface area contributed by atoms with E-state index in [1.165, 1.54) is 12.8 Å². The zero-order valence-electron chi connectivity index (χ0n) is 12.0. The van der Waals surface area contributed by atoms with Gasteiger partial charge in [-0.15, -0.1) is 0 Å². The summed E-state index contributed by atoms with van der Waals surface area (Å²) in [4.78, 5) is 2.24. The summed E-state index contributed by atoms with van der Waals surface area (Å²) < 4.78 is 22.6. The lowest BCUT2D eigenvalue weighted by atomic mass is 10.0. The Morgan fingerprint density at radius 3 is 2.28 bits per heavy atom. The van der Waals surface area contributed by atoms with E-state index in [1.807, 2.05) is 0 Å². The molecule has 0 aliphatic carbocycles. The van der Waals surface area contributed by atoms with E-state index in [2.05, 4.69) is 31.0 Å². The monoisotopic (exact) mass is 276 g/mol. The van der Waals surface area contributed by atoms with Gasteiger partial charge in [-0.2, -0.15) is 0 Å². The van der Waals surface area contributed by atoms with Crippen molar-refractivity contribution in [2.24, 2.45) is 5.92 Å². The predicted molar refractivity (Wildman–Crippen MR) is 76.6 cm³/mol. The van der Waals surface area contributed by atoms with Gasteiger partial charge in [0.05, 0.1) is 11.5 Å². The van der Waals surface area contributed by atoms with E-state index in [1.54, 1.807) is 0 Å². The van der Waals surface area contributed by atoms with Gasteiger partial charge in [-0.1, -0.05) is 13.8 Å². The van der Waals surface area contributed by atoms with Crippen molar-refractivity contribution in [1.82, 2.24) is 10.2 Å². The van der Waals surface area contributed by atoms with Crippen molar-refractivity contribution in [3.8, 4) is 0 Å². The number of sulfone groups is 1. The van der Waals surface area contributed by atoms with E-state index in [0.717, 1.165) is 19.0 Å². The summed E-state index contributed by atoms with van der Waals surface area (Å²) in [6.07, 6.45) is 2.47. The van der Waals surface area contributed by atoms with Gasteiger partial charge in [0.2, 0.25) is 0 Å². The highest BCUT2D eigenvalue weighted by atomic mass is 32.2. The molecule has 1 aliphatic heterocycles. The van der Waals surface area contributed by atoms with E-state index < -0.39 is 9.84 Å². The largest absolute Gasteiger partial charge is 0.313 e. The van der Waals surface area contributed by atoms with E-state index >= 15 is 0 Å². The lowest BCUT2D eigenvalue weighted by Crippen LogP contribution is -2.44. The number of nitrogens with one attached hydrogen (secondary N) is 1. The summed E-state index contributed by atoms with van der Waals surface area (Å²) in [5.74, 6) is 1.42. The van der Waals surface area contributed by atoms with Crippen LogP contribution >= 0.6 is 0 Å². The highest BCUT2D eigenvalue weighted by Crippen LogP contribution is 2.06. The second kappa shape index (κ2) is 7.46. The third-order valence-corrected chi connectivity index (χ3v) is 5.14. The second-order valence-corrected chi connectivity index (χ2v) is 8.12. The maximum Gasteiger partial charge on any atom is 0.152 e. The average Bonchev–Trinajstić information content (AvgIpc) is 2.29. The molecule has 0 saturated carbocycles. The topological polar surface area (TPSA) is 49.4 Å². The van der Waals surface area contributed by atoms with Crippen LogP contribution in [0.25, 0.3) is 0 Å². The van der Waals surface area contributed by atoms with Crippen molar-refractivity contribution in [3.05, 3.63) is 0 Å². The van der Waals surface area contributed by atoms with Crippen LogP contribution in [0.4, 0.5) is 0 Å². The Morgan fingerprint density at radius 1 is 1.11 bits per heavy atom. The van der Waals surface area contributed by atoms with E-state index in [4.69, 9.17) is 0 Å². The molecule has 1 fully saturated rings. The fourth-order valence-corrected chi connectivity index (χ4v) is 3.41. The Balaban J connectivity index is 2.08. The number of hydrogen-bond acceptors (Lipinski definition) is 4. The molecule has 108 valence electrons. The van der Waals surface area contributed by atoms with Gasteiger partial charge < -0.3 is 10.2 Å². The smallest absolute Gasteiger partial charge is 0.152 e. The van der Waals surface area contributed by atoms with Crippen LogP contribution in [0.3, 0.4) is 0 Å². The average molecular weight is 276 g/mol. The molecule has 0 bridgehead atoms. The zero-order chi connectivity index (χ0) is 13.6. The molecule has 1 saturated heterocycles. The molecule has 0 amide bonds. The van der Waals surface area contributed by atoms with Crippen LogP contribution in [0.15, 0.2) is 0 Å². The van der Waals surface area contributed by atoms with Gasteiger partial charge >= 0.3 is 0 Å². The molecule has 0 aromatic heterocycles. The second-order valence-electron chi connectivity index (χ2n) is 5.82. The van der Waals surface area contributed by atoms with Crippen molar-refractivity contribution in [2.75, 3.05) is 37.7 Å². The Hall–Kier alpha value is -0.130. The minimum absolute atomic E-state index is 0.329. The summed E-state index contributed by atoms with van der Waals surface area (Å²) in [6.45, 7) is 10.0. The Kier molecular flexibility index (Phi) is 6.60. The number of nitrogens with zero attached hydrogens (tertiary/aromatic N) is 1. The lowest BCUT2D eigenvalue weighted by molar-refractivity contribution is 0.287. The van der Waals surface area contributed by atoms with Gasteiger partial charge in [-0.25, -0.2) is 8.42 Å². The van der Waals surface area contributed by atoms with Crippen LogP contribution in [-0.4, -0.2) is 57.0 Å². The van der Waals surface area contributed by atoms with Crippen LogP contribution in [-0.2, 0) is 9.84 Å². The van der Waals surface area contributed by atoms with Crippen LogP contribution < -0.4 is 5.32 Å². The van der Waals surface area contributed by atoms with Crippen molar-refractivity contribution in [1.29, 1.82) is 0 Å². The highest BCUT2D eigenvalue weighted by molar-refractivity contribution is 7.91. The molecular weight excluding hydrogens is 248 g/mol. The van der Waals surface area contributed by atoms with Gasteiger partial charge in [0, 0.05) is 32.2 Å². The maximum absolute atomic E-state index is 11.3. The molecule has 1 aliphatic rings. The molecule has 0 aromatic rings. The Bertz CT molecular complexity index is 314. The molecule has 18 heavy (non-hydrogen) atoms. The molecule has 1 heterocycles. The van der Waals surface area contributed by atoms with Gasteiger partial charge in [0.15, 0.2) is 9.84 Å². The quantitative estimate of drug-likeness (QED) is 0.757. The van der Waals surface area contributed by atoms with Crippen LogP contribution in [0.1, 0.15) is 33.6 Å². The molecule has 1 N–H and O–H groups in total. The van der Waals surface area contributed by atoms with E-state index in [-0.39, 0.29) is 0 Å². The normalized spacial score (nSPS) is 22.2. The summed E-state index contributed by atoms with van der Waals surface area (Å²) in [6, 6.07) is 0.556. The van der Waals surface area contributed by atoms with Gasteiger partial charge in [-0.05, 0) is 25.7 Å². The summed E-state index contributed by atoms with van der Waals surface area (Å²) in [7, 11) is -2.74. The van der Waals surface area contributed by atoms with Crippen LogP contribution in [0.2, 0.25) is 0 Å². The van der Waals surface area contributed by atoms with Crippen LogP contribution in [0, 0.1) is 5.92 Å². The molecule has 0 spiro atoms. The molecule has 4 nitrogen and oxygen atoms in total. The minimum Gasteiger partial charge on any atom is -0.313 e. The van der Waals surface area contributed by atoms with Gasteiger partial charge in [0.1, 0.15) is 0 Å². The first-order chi connectivity index (χ1) is 8.39. The molecule has 0 radical (unpaired) electrons. The van der Waals surface area contributed by atoms with Crippen molar-refractivity contribution in [3.63, 3.8) is 0 Å². The third-order valence-electron chi connectivity index (χ3n) is 3.53. The lowest BCUT2D eigenvalue weighted by Gasteiger charge is -2.27. The SMILES string of the molecule is CC(C)CCC(C)NCCN1CCS(=O)(=O)CC1. The molecule has 1 unspecified atom stereocenters. The first-order valence-corrected chi connectivity index (χ1v) is 8.87. The van der Waals surface area contributed by atoms with Crippen molar-refractivity contribution >= 4 is 9.84 Å². The first-order valence-electron chi connectivity index (χ1n) is 7.05. The van der Waals surface area contributed by atoms with Gasteiger partial charge in [0.25, 0.3) is 0 Å². The molecule has 0 aromatic carbocycles. The van der Waals surface area contributed by atoms with Crippen molar-refractivity contribution in [2.45, 2.75) is 39.7 Å². The summed E-state index contributed by atoms with van der Waals surface area (Å²) >= 11 is 0. The fraction of sp³-hybridized carbons (Fsp3) is 1.00. The standard InChI is InChI=1S/C13H28N2O2S/c1-12(2)4-5-13(3)14-6-7-15-8-10-18(16,17)11-9-15/h12-14H,4-11H2,1-3H3. The Morgan fingerprint density at radius 2 is 1.72 bits per heavy atom. The number of hydrogen-bond donors (Lipinski definition) is 1. The van der Waals surface area contributed by atoms with Crippen molar-refractivity contribution < 1.29 is 8.42 Å². The molecule has 1 atom stereocenters. The highest BCUT2D eigenvalue weighted by Gasteiger charge is 2.20. The molecule has 5 heteroatoms. The fourth-order valence-electron chi connectivity index (χ4n) is 2.13. The Labute approximate surface area is 112 Å².